The molecule has 27 heavy (non-hydrogen) atoms. The van der Waals surface area contributed by atoms with Crippen LogP contribution in [0.5, 0.6) is 11.5 Å². The Morgan fingerprint density at radius 1 is 1.26 bits per heavy atom. The van der Waals surface area contributed by atoms with Crippen molar-refractivity contribution in [2.24, 2.45) is 5.92 Å². The van der Waals surface area contributed by atoms with Gasteiger partial charge in [-0.15, -0.1) is 0 Å². The van der Waals surface area contributed by atoms with Crippen molar-refractivity contribution in [3.05, 3.63) is 18.2 Å². The molecular weight excluding hydrogens is 350 g/mol. The summed E-state index contributed by atoms with van der Waals surface area (Å²) in [6.07, 6.45) is 3.46. The zero-order chi connectivity index (χ0) is 19.0. The van der Waals surface area contributed by atoms with Gasteiger partial charge in [0.25, 0.3) is 5.91 Å². The lowest BCUT2D eigenvalue weighted by molar-refractivity contribution is -0.136. The van der Waals surface area contributed by atoms with Crippen LogP contribution in [0.2, 0.25) is 0 Å². The molecule has 3 aliphatic rings. The largest absolute Gasteiger partial charge is 0.486 e. The minimum atomic E-state index is -0.855. The number of anilines is 1. The summed E-state index contributed by atoms with van der Waals surface area (Å²) in [4.78, 5) is 38.7. The van der Waals surface area contributed by atoms with Crippen LogP contribution in [-0.2, 0) is 9.59 Å². The molecule has 0 radical (unpaired) electrons. The van der Waals surface area contributed by atoms with E-state index in [0.29, 0.717) is 36.8 Å². The number of nitrogens with zero attached hydrogens (tertiary/aromatic N) is 1. The topological polar surface area (TPSA) is 97.0 Å². The lowest BCUT2D eigenvalue weighted by Gasteiger charge is -2.36. The quantitative estimate of drug-likeness (QED) is 0.789. The van der Waals surface area contributed by atoms with Crippen molar-refractivity contribution in [1.29, 1.82) is 0 Å². The van der Waals surface area contributed by atoms with Crippen molar-refractivity contribution < 1.29 is 23.9 Å². The number of carbonyl (C=O) groups is 3. The number of ether oxygens (including phenoxy) is 2. The van der Waals surface area contributed by atoms with E-state index in [1.807, 2.05) is 6.92 Å². The van der Waals surface area contributed by atoms with Crippen molar-refractivity contribution in [2.75, 3.05) is 25.1 Å². The van der Waals surface area contributed by atoms with E-state index >= 15 is 0 Å². The molecule has 2 N–H and O–H groups in total. The molecule has 2 heterocycles. The molecule has 0 unspecified atom stereocenters. The number of nitrogens with one attached hydrogen (secondary N) is 2. The third-order valence-corrected chi connectivity index (χ3v) is 5.63. The molecular formula is C19H23N3O5. The monoisotopic (exact) mass is 373 g/mol. The SMILES string of the molecule is C[C@H]1CCCC[C@@]12NC(=O)N(CC(=O)Nc1ccc3c(c1)OCCO3)C2=O. The molecule has 1 spiro atoms. The van der Waals surface area contributed by atoms with E-state index in [1.54, 1.807) is 18.2 Å². The third kappa shape index (κ3) is 3.09. The molecule has 1 aliphatic carbocycles. The Hall–Kier alpha value is -2.77. The van der Waals surface area contributed by atoms with E-state index < -0.39 is 17.5 Å². The molecule has 4 rings (SSSR count). The van der Waals surface area contributed by atoms with Crippen LogP contribution in [0, 0.1) is 5.92 Å². The van der Waals surface area contributed by atoms with Crippen LogP contribution in [0.3, 0.4) is 0 Å². The van der Waals surface area contributed by atoms with Crippen LogP contribution < -0.4 is 20.1 Å². The average molecular weight is 373 g/mol. The van der Waals surface area contributed by atoms with Gasteiger partial charge in [0, 0.05) is 11.8 Å². The molecule has 2 fully saturated rings. The van der Waals surface area contributed by atoms with Gasteiger partial charge in [0.15, 0.2) is 11.5 Å². The highest BCUT2D eigenvalue weighted by atomic mass is 16.6. The second-order valence-corrected chi connectivity index (χ2v) is 7.35. The summed E-state index contributed by atoms with van der Waals surface area (Å²) in [6, 6.07) is 4.59. The first-order chi connectivity index (χ1) is 13.0. The molecule has 8 heteroatoms. The molecule has 1 aromatic rings. The predicted octanol–water partition coefficient (Wildman–Crippen LogP) is 1.90. The maximum Gasteiger partial charge on any atom is 0.325 e. The third-order valence-electron chi connectivity index (χ3n) is 5.63. The summed E-state index contributed by atoms with van der Waals surface area (Å²) >= 11 is 0. The van der Waals surface area contributed by atoms with Gasteiger partial charge in [0.05, 0.1) is 0 Å². The molecule has 144 valence electrons. The van der Waals surface area contributed by atoms with Crippen molar-refractivity contribution >= 4 is 23.5 Å². The van der Waals surface area contributed by atoms with Crippen molar-refractivity contribution in [1.82, 2.24) is 10.2 Å². The molecule has 0 bridgehead atoms. The van der Waals surface area contributed by atoms with Gasteiger partial charge >= 0.3 is 6.03 Å². The fraction of sp³-hybridized carbons (Fsp3) is 0.526. The average Bonchev–Trinajstić information content (AvgIpc) is 2.89. The maximum atomic E-state index is 12.9. The van der Waals surface area contributed by atoms with Gasteiger partial charge < -0.3 is 20.1 Å². The molecule has 1 saturated carbocycles. The highest BCUT2D eigenvalue weighted by Crippen LogP contribution is 2.38. The molecule has 8 nitrogen and oxygen atoms in total. The summed E-state index contributed by atoms with van der Waals surface area (Å²) in [5, 5.41) is 5.56. The molecule has 0 aromatic heterocycles. The van der Waals surface area contributed by atoms with Crippen LogP contribution in [0.15, 0.2) is 18.2 Å². The van der Waals surface area contributed by atoms with Crippen molar-refractivity contribution in [3.8, 4) is 11.5 Å². The molecule has 1 aromatic carbocycles. The van der Waals surface area contributed by atoms with E-state index in [9.17, 15) is 14.4 Å². The van der Waals surface area contributed by atoms with Gasteiger partial charge in [-0.05, 0) is 30.9 Å². The highest BCUT2D eigenvalue weighted by Gasteiger charge is 2.55. The number of carbonyl (C=O) groups excluding carboxylic acids is 3. The molecule has 4 amide bonds. The van der Waals surface area contributed by atoms with E-state index in [-0.39, 0.29) is 18.4 Å². The van der Waals surface area contributed by atoms with Gasteiger partial charge in [-0.3, -0.25) is 14.5 Å². The standard InChI is InChI=1S/C19H23N3O5/c1-12-4-2-3-7-19(12)17(24)22(18(25)21-19)11-16(23)20-13-5-6-14-15(10-13)27-9-8-26-14/h5-6,10,12H,2-4,7-9,11H2,1H3,(H,20,23)(H,21,25)/t12-,19+/m0/s1. The Morgan fingerprint density at radius 3 is 2.81 bits per heavy atom. The van der Waals surface area contributed by atoms with Crippen LogP contribution in [0.25, 0.3) is 0 Å². The number of rotatable bonds is 3. The smallest absolute Gasteiger partial charge is 0.325 e. The highest BCUT2D eigenvalue weighted by molar-refractivity contribution is 6.10. The zero-order valence-corrected chi connectivity index (χ0v) is 15.2. The number of imide groups is 1. The van der Waals surface area contributed by atoms with Gasteiger partial charge in [-0.2, -0.15) is 0 Å². The summed E-state index contributed by atoms with van der Waals surface area (Å²) in [6.45, 7) is 2.61. The van der Waals surface area contributed by atoms with E-state index in [0.717, 1.165) is 24.2 Å². The van der Waals surface area contributed by atoms with Gasteiger partial charge in [0.2, 0.25) is 5.91 Å². The number of fused-ring (bicyclic) bond motifs is 1. The first-order valence-corrected chi connectivity index (χ1v) is 9.33. The van der Waals surface area contributed by atoms with Gasteiger partial charge in [-0.25, -0.2) is 4.79 Å². The number of urea groups is 1. The lowest BCUT2D eigenvalue weighted by atomic mass is 9.73. The van der Waals surface area contributed by atoms with Crippen LogP contribution in [-0.4, -0.2) is 48.0 Å². The van der Waals surface area contributed by atoms with Crippen molar-refractivity contribution in [3.63, 3.8) is 0 Å². The number of hydrogen-bond donors (Lipinski definition) is 2. The Bertz CT molecular complexity index is 796. The summed E-state index contributed by atoms with van der Waals surface area (Å²) < 4.78 is 10.9. The normalized spacial score (nSPS) is 26.9. The number of hydrogen-bond acceptors (Lipinski definition) is 5. The molecule has 2 aliphatic heterocycles. The fourth-order valence-corrected chi connectivity index (χ4v) is 4.10. The molecule has 1 saturated heterocycles. The first-order valence-electron chi connectivity index (χ1n) is 9.33. The minimum absolute atomic E-state index is 0.0635. The Morgan fingerprint density at radius 2 is 2.04 bits per heavy atom. The van der Waals surface area contributed by atoms with Crippen LogP contribution in [0.4, 0.5) is 10.5 Å². The van der Waals surface area contributed by atoms with Gasteiger partial charge in [-0.1, -0.05) is 19.8 Å². The second-order valence-electron chi connectivity index (χ2n) is 7.35. The summed E-state index contributed by atoms with van der Waals surface area (Å²) in [5.74, 6) is 0.520. The van der Waals surface area contributed by atoms with Crippen molar-refractivity contribution in [2.45, 2.75) is 38.1 Å². The zero-order valence-electron chi connectivity index (χ0n) is 15.2. The minimum Gasteiger partial charge on any atom is -0.486 e. The Balaban J connectivity index is 1.43. The second kappa shape index (κ2) is 6.75. The summed E-state index contributed by atoms with van der Waals surface area (Å²) in [7, 11) is 0. The van der Waals surface area contributed by atoms with E-state index in [2.05, 4.69) is 10.6 Å². The Kier molecular flexibility index (Phi) is 4.41. The number of benzene rings is 1. The Labute approximate surface area is 157 Å². The maximum absolute atomic E-state index is 12.9. The van der Waals surface area contributed by atoms with E-state index in [1.165, 1.54) is 0 Å². The number of amides is 4. The van der Waals surface area contributed by atoms with Crippen LogP contribution in [0.1, 0.15) is 32.6 Å². The lowest BCUT2D eigenvalue weighted by Crippen LogP contribution is -2.54. The first kappa shape index (κ1) is 17.6. The molecule has 2 atom stereocenters. The fourth-order valence-electron chi connectivity index (χ4n) is 4.10. The predicted molar refractivity (Wildman–Crippen MR) is 96.7 cm³/mol. The summed E-state index contributed by atoms with van der Waals surface area (Å²) in [5.41, 5.74) is -0.330. The van der Waals surface area contributed by atoms with Gasteiger partial charge in [0.1, 0.15) is 25.3 Å². The van der Waals surface area contributed by atoms with Crippen LogP contribution >= 0.6 is 0 Å². The van der Waals surface area contributed by atoms with E-state index in [4.69, 9.17) is 9.47 Å².